The van der Waals surface area contributed by atoms with Gasteiger partial charge in [-0.2, -0.15) is 0 Å². The van der Waals surface area contributed by atoms with Crippen molar-refractivity contribution < 1.29 is 9.53 Å². The molecule has 3 rings (SSSR count). The fourth-order valence-corrected chi connectivity index (χ4v) is 2.86. The summed E-state index contributed by atoms with van der Waals surface area (Å²) in [5, 5.41) is 0. The minimum Gasteiger partial charge on any atom is -0.462 e. The maximum Gasteiger partial charge on any atom is 0.338 e. The Morgan fingerprint density at radius 2 is 1.62 bits per heavy atom. The first-order chi connectivity index (χ1) is 12.6. The zero-order valence-corrected chi connectivity index (χ0v) is 15.4. The summed E-state index contributed by atoms with van der Waals surface area (Å²) in [5.41, 5.74) is 5.98. The predicted octanol–water partition coefficient (Wildman–Crippen LogP) is 5.72. The lowest BCUT2D eigenvalue weighted by Crippen LogP contribution is -2.04. The molecule has 0 saturated carbocycles. The van der Waals surface area contributed by atoms with Crippen molar-refractivity contribution in [3.05, 3.63) is 78.1 Å². The Bertz CT molecular complexity index is 898. The minimum absolute atomic E-state index is 0.303. The Balaban J connectivity index is 1.92. The SMILES string of the molecule is CCOC(=O)c1cccc(-c2cncc(-c3ccc(C(C)C)cc3)c2)c1. The third-order valence-electron chi connectivity index (χ3n) is 4.36. The van der Waals surface area contributed by atoms with Crippen LogP contribution in [0.25, 0.3) is 22.3 Å². The zero-order valence-electron chi connectivity index (χ0n) is 15.4. The van der Waals surface area contributed by atoms with Crippen LogP contribution >= 0.6 is 0 Å². The van der Waals surface area contributed by atoms with E-state index in [1.807, 2.05) is 30.6 Å². The molecule has 0 unspecified atom stereocenters. The highest BCUT2D eigenvalue weighted by atomic mass is 16.5. The standard InChI is InChI=1S/C23H23NO2/c1-4-26-23(25)20-7-5-6-19(12-20)22-13-21(14-24-15-22)18-10-8-17(9-11-18)16(2)3/h5-16H,4H2,1-3H3. The van der Waals surface area contributed by atoms with Gasteiger partial charge in [-0.1, -0.05) is 50.2 Å². The van der Waals surface area contributed by atoms with Gasteiger partial charge in [-0.3, -0.25) is 4.98 Å². The van der Waals surface area contributed by atoms with Gasteiger partial charge in [-0.25, -0.2) is 4.79 Å². The van der Waals surface area contributed by atoms with Crippen molar-refractivity contribution in [1.82, 2.24) is 4.98 Å². The molecule has 0 aliphatic carbocycles. The van der Waals surface area contributed by atoms with Gasteiger partial charge in [0.2, 0.25) is 0 Å². The summed E-state index contributed by atoms with van der Waals surface area (Å²) in [7, 11) is 0. The van der Waals surface area contributed by atoms with E-state index in [1.54, 1.807) is 13.0 Å². The van der Waals surface area contributed by atoms with Crippen molar-refractivity contribution >= 4 is 5.97 Å². The molecule has 2 aromatic carbocycles. The molecule has 132 valence electrons. The van der Waals surface area contributed by atoms with Gasteiger partial charge in [0.1, 0.15) is 0 Å². The number of nitrogens with zero attached hydrogens (tertiary/aromatic N) is 1. The highest BCUT2D eigenvalue weighted by Gasteiger charge is 2.09. The summed E-state index contributed by atoms with van der Waals surface area (Å²) in [6.07, 6.45) is 3.68. The molecular weight excluding hydrogens is 322 g/mol. The van der Waals surface area contributed by atoms with Crippen LogP contribution in [-0.4, -0.2) is 17.6 Å². The Labute approximate surface area is 154 Å². The smallest absolute Gasteiger partial charge is 0.338 e. The molecule has 0 fully saturated rings. The first-order valence-electron chi connectivity index (χ1n) is 8.91. The molecule has 0 saturated heterocycles. The third kappa shape index (κ3) is 3.99. The molecule has 0 aliphatic rings. The van der Waals surface area contributed by atoms with E-state index in [2.05, 4.69) is 49.2 Å². The van der Waals surface area contributed by atoms with E-state index in [1.165, 1.54) is 5.56 Å². The number of carbonyl (C=O) groups excluding carboxylic acids is 1. The Morgan fingerprint density at radius 1 is 0.923 bits per heavy atom. The summed E-state index contributed by atoms with van der Waals surface area (Å²) in [6, 6.07) is 18.1. The van der Waals surface area contributed by atoms with Gasteiger partial charge < -0.3 is 4.74 Å². The zero-order chi connectivity index (χ0) is 18.5. The fourth-order valence-electron chi connectivity index (χ4n) is 2.86. The molecule has 3 nitrogen and oxygen atoms in total. The van der Waals surface area contributed by atoms with Crippen molar-refractivity contribution in [2.75, 3.05) is 6.61 Å². The van der Waals surface area contributed by atoms with Crippen molar-refractivity contribution in [3.63, 3.8) is 0 Å². The number of hydrogen-bond acceptors (Lipinski definition) is 3. The topological polar surface area (TPSA) is 39.2 Å². The summed E-state index contributed by atoms with van der Waals surface area (Å²) in [6.45, 7) is 6.55. The van der Waals surface area contributed by atoms with Crippen LogP contribution < -0.4 is 0 Å². The molecular formula is C23H23NO2. The van der Waals surface area contributed by atoms with Gasteiger partial charge in [-0.05, 0) is 47.7 Å². The van der Waals surface area contributed by atoms with Gasteiger partial charge in [0.05, 0.1) is 12.2 Å². The summed E-state index contributed by atoms with van der Waals surface area (Å²) < 4.78 is 5.09. The van der Waals surface area contributed by atoms with Crippen molar-refractivity contribution in [3.8, 4) is 22.3 Å². The molecule has 0 bridgehead atoms. The van der Waals surface area contributed by atoms with Crippen LogP contribution in [0.1, 0.15) is 42.6 Å². The number of hydrogen-bond donors (Lipinski definition) is 0. The normalized spacial score (nSPS) is 10.8. The summed E-state index contributed by atoms with van der Waals surface area (Å²) >= 11 is 0. The van der Waals surface area contributed by atoms with Crippen molar-refractivity contribution in [1.29, 1.82) is 0 Å². The van der Waals surface area contributed by atoms with Crippen LogP contribution in [0.4, 0.5) is 0 Å². The van der Waals surface area contributed by atoms with E-state index >= 15 is 0 Å². The number of ether oxygens (including phenoxy) is 1. The monoisotopic (exact) mass is 345 g/mol. The Kier molecular flexibility index (Phi) is 5.47. The van der Waals surface area contributed by atoms with Crippen LogP contribution in [0.5, 0.6) is 0 Å². The van der Waals surface area contributed by atoms with Gasteiger partial charge >= 0.3 is 5.97 Å². The lowest BCUT2D eigenvalue weighted by Gasteiger charge is -2.09. The predicted molar refractivity (Wildman–Crippen MR) is 105 cm³/mol. The van der Waals surface area contributed by atoms with Gasteiger partial charge in [0.25, 0.3) is 0 Å². The average Bonchev–Trinajstić information content (AvgIpc) is 2.68. The van der Waals surface area contributed by atoms with E-state index in [4.69, 9.17) is 4.74 Å². The number of aromatic nitrogens is 1. The maximum atomic E-state index is 12.0. The first-order valence-corrected chi connectivity index (χ1v) is 8.91. The number of carbonyl (C=O) groups is 1. The maximum absolute atomic E-state index is 12.0. The lowest BCUT2D eigenvalue weighted by atomic mass is 9.97. The average molecular weight is 345 g/mol. The van der Waals surface area contributed by atoms with Crippen LogP contribution in [0.2, 0.25) is 0 Å². The molecule has 0 radical (unpaired) electrons. The van der Waals surface area contributed by atoms with E-state index in [0.29, 0.717) is 18.1 Å². The molecule has 1 aromatic heterocycles. The summed E-state index contributed by atoms with van der Waals surface area (Å²) in [5.74, 6) is 0.210. The number of esters is 1. The van der Waals surface area contributed by atoms with Crippen LogP contribution in [-0.2, 0) is 4.74 Å². The van der Waals surface area contributed by atoms with Crippen LogP contribution in [0.3, 0.4) is 0 Å². The van der Waals surface area contributed by atoms with Crippen LogP contribution in [0, 0.1) is 0 Å². The van der Waals surface area contributed by atoms with E-state index in [9.17, 15) is 4.79 Å². The Morgan fingerprint density at radius 3 is 2.27 bits per heavy atom. The minimum atomic E-state index is -0.303. The molecule has 0 N–H and O–H groups in total. The molecule has 1 heterocycles. The fraction of sp³-hybridized carbons (Fsp3) is 0.217. The van der Waals surface area contributed by atoms with E-state index in [-0.39, 0.29) is 5.97 Å². The number of benzene rings is 2. The molecule has 0 spiro atoms. The number of pyridine rings is 1. The van der Waals surface area contributed by atoms with Crippen LogP contribution in [0.15, 0.2) is 67.0 Å². The van der Waals surface area contributed by atoms with Gasteiger partial charge in [0, 0.05) is 23.5 Å². The summed E-state index contributed by atoms with van der Waals surface area (Å²) in [4.78, 5) is 16.4. The number of rotatable bonds is 5. The third-order valence-corrected chi connectivity index (χ3v) is 4.36. The molecule has 0 atom stereocenters. The first kappa shape index (κ1) is 17.9. The highest BCUT2D eigenvalue weighted by Crippen LogP contribution is 2.27. The molecule has 0 amide bonds. The molecule has 0 aliphatic heterocycles. The second kappa shape index (κ2) is 7.96. The Hall–Kier alpha value is -2.94. The largest absolute Gasteiger partial charge is 0.462 e. The second-order valence-electron chi connectivity index (χ2n) is 6.54. The van der Waals surface area contributed by atoms with Gasteiger partial charge in [-0.15, -0.1) is 0 Å². The van der Waals surface area contributed by atoms with Gasteiger partial charge in [0.15, 0.2) is 0 Å². The van der Waals surface area contributed by atoms with E-state index in [0.717, 1.165) is 22.3 Å². The van der Waals surface area contributed by atoms with Crippen molar-refractivity contribution in [2.24, 2.45) is 0 Å². The molecule has 26 heavy (non-hydrogen) atoms. The quantitative estimate of drug-likeness (QED) is 0.556. The van der Waals surface area contributed by atoms with E-state index < -0.39 is 0 Å². The lowest BCUT2D eigenvalue weighted by molar-refractivity contribution is 0.0526. The highest BCUT2D eigenvalue weighted by molar-refractivity contribution is 5.91. The second-order valence-corrected chi connectivity index (χ2v) is 6.54. The molecule has 3 heteroatoms. The van der Waals surface area contributed by atoms with Crippen molar-refractivity contribution in [2.45, 2.75) is 26.7 Å². The molecule has 3 aromatic rings.